The van der Waals surface area contributed by atoms with Gasteiger partial charge in [-0.05, 0) is 42.7 Å². The lowest BCUT2D eigenvalue weighted by Crippen LogP contribution is -2.31. The van der Waals surface area contributed by atoms with Crippen LogP contribution in [0.3, 0.4) is 0 Å². The lowest BCUT2D eigenvalue weighted by molar-refractivity contribution is -0.128. The third-order valence-electron chi connectivity index (χ3n) is 4.39. The van der Waals surface area contributed by atoms with Crippen molar-refractivity contribution in [1.29, 1.82) is 0 Å². The first-order valence-electron chi connectivity index (χ1n) is 9.13. The van der Waals surface area contributed by atoms with Gasteiger partial charge in [0.05, 0.1) is 16.6 Å². The molecule has 0 spiro atoms. The Morgan fingerprint density at radius 2 is 2.00 bits per heavy atom. The van der Waals surface area contributed by atoms with Crippen molar-refractivity contribution in [3.8, 4) is 5.69 Å². The second-order valence-electron chi connectivity index (χ2n) is 6.63. The molecular weight excluding hydrogens is 412 g/mol. The molecule has 3 rings (SSSR count). The Balaban J connectivity index is 1.64. The van der Waals surface area contributed by atoms with Crippen LogP contribution in [0.4, 0.5) is 0 Å². The molecule has 3 aromatic rings. The van der Waals surface area contributed by atoms with Crippen LogP contribution >= 0.6 is 34.7 Å². The minimum atomic E-state index is 0.0710. The van der Waals surface area contributed by atoms with Gasteiger partial charge in [-0.1, -0.05) is 49.3 Å². The highest BCUT2D eigenvalue weighted by Crippen LogP contribution is 2.24. The van der Waals surface area contributed by atoms with Gasteiger partial charge in [0.1, 0.15) is 6.33 Å². The monoisotopic (exact) mass is 434 g/mol. The molecule has 1 aromatic carbocycles. The lowest BCUT2D eigenvalue weighted by atomic mass is 10.0. The summed E-state index contributed by atoms with van der Waals surface area (Å²) in [6.07, 6.45) is 1.68. The van der Waals surface area contributed by atoms with Gasteiger partial charge in [-0.3, -0.25) is 9.36 Å². The van der Waals surface area contributed by atoms with E-state index in [1.807, 2.05) is 28.5 Å². The second kappa shape index (κ2) is 9.58. The van der Waals surface area contributed by atoms with E-state index in [1.165, 1.54) is 28.7 Å². The fourth-order valence-electron chi connectivity index (χ4n) is 2.74. The fraction of sp³-hybridized carbons (Fsp3) is 0.350. The largest absolute Gasteiger partial charge is 0.337 e. The number of carbonyl (C=O) groups excluding carboxylic acids is 1. The van der Waals surface area contributed by atoms with E-state index in [0.29, 0.717) is 29.9 Å². The minimum Gasteiger partial charge on any atom is -0.337 e. The first-order chi connectivity index (χ1) is 13.5. The molecule has 1 amide bonds. The average Bonchev–Trinajstić information content (AvgIpc) is 3.33. The highest BCUT2D eigenvalue weighted by atomic mass is 35.5. The van der Waals surface area contributed by atoms with Crippen molar-refractivity contribution < 1.29 is 4.79 Å². The van der Waals surface area contributed by atoms with Crippen molar-refractivity contribution in [2.45, 2.75) is 38.4 Å². The number of rotatable bonds is 8. The summed E-state index contributed by atoms with van der Waals surface area (Å²) in [7, 11) is 0. The van der Waals surface area contributed by atoms with Gasteiger partial charge in [-0.2, -0.15) is 0 Å². The smallest absolute Gasteiger partial charge is 0.233 e. The van der Waals surface area contributed by atoms with Gasteiger partial charge in [-0.15, -0.1) is 21.5 Å². The van der Waals surface area contributed by atoms with Crippen molar-refractivity contribution in [3.05, 3.63) is 57.5 Å². The normalized spacial score (nSPS) is 11.2. The number of hydrogen-bond acceptors (Lipinski definition) is 5. The molecule has 2 heterocycles. The summed E-state index contributed by atoms with van der Waals surface area (Å²) in [5.74, 6) is 0.872. The number of halogens is 1. The molecule has 0 aliphatic rings. The molecule has 8 heteroatoms. The zero-order valence-corrected chi connectivity index (χ0v) is 18.5. The standard InChI is InChI=1S/C20H23ClN4OS2/c1-4-24(11-17-9-10-18(21)28-17)19(26)12-27-20-23-22-13-25(20)16-7-5-15(6-8-16)14(2)3/h5-10,13-14H,4,11-12H2,1-3H3. The summed E-state index contributed by atoms with van der Waals surface area (Å²) in [5, 5.41) is 8.92. The number of aromatic nitrogens is 3. The Kier molecular flexibility index (Phi) is 7.15. The predicted molar refractivity (Wildman–Crippen MR) is 117 cm³/mol. The van der Waals surface area contributed by atoms with Crippen LogP contribution in [-0.4, -0.2) is 37.9 Å². The Morgan fingerprint density at radius 1 is 1.25 bits per heavy atom. The maximum atomic E-state index is 12.7. The second-order valence-corrected chi connectivity index (χ2v) is 9.37. The molecule has 2 aromatic heterocycles. The molecule has 0 atom stereocenters. The maximum absolute atomic E-state index is 12.7. The van der Waals surface area contributed by atoms with Crippen LogP contribution in [0.1, 0.15) is 37.1 Å². The van der Waals surface area contributed by atoms with Gasteiger partial charge >= 0.3 is 0 Å². The first kappa shape index (κ1) is 20.9. The van der Waals surface area contributed by atoms with Crippen LogP contribution in [0.15, 0.2) is 47.9 Å². The van der Waals surface area contributed by atoms with Gasteiger partial charge in [0.2, 0.25) is 5.91 Å². The number of hydrogen-bond donors (Lipinski definition) is 0. The Morgan fingerprint density at radius 3 is 2.61 bits per heavy atom. The van der Waals surface area contributed by atoms with E-state index in [2.05, 4.69) is 48.3 Å². The molecule has 0 radical (unpaired) electrons. The topological polar surface area (TPSA) is 51.0 Å². The van der Waals surface area contributed by atoms with Crippen molar-refractivity contribution in [1.82, 2.24) is 19.7 Å². The molecule has 148 valence electrons. The molecule has 0 aliphatic carbocycles. The van der Waals surface area contributed by atoms with E-state index in [0.717, 1.165) is 14.9 Å². The molecule has 0 bridgehead atoms. The fourth-order valence-corrected chi connectivity index (χ4v) is 4.67. The third-order valence-corrected chi connectivity index (χ3v) is 6.53. The summed E-state index contributed by atoms with van der Waals surface area (Å²) >= 11 is 8.90. The predicted octanol–water partition coefficient (Wildman–Crippen LogP) is 5.25. The summed E-state index contributed by atoms with van der Waals surface area (Å²) in [6.45, 7) is 7.56. The molecule has 0 N–H and O–H groups in total. The molecule has 0 aliphatic heterocycles. The molecule has 0 fully saturated rings. The molecular formula is C20H23ClN4OS2. The van der Waals surface area contributed by atoms with Crippen LogP contribution < -0.4 is 0 Å². The number of amides is 1. The van der Waals surface area contributed by atoms with Crippen LogP contribution in [0, 0.1) is 0 Å². The van der Waals surface area contributed by atoms with Crippen LogP contribution in [0.25, 0.3) is 5.69 Å². The number of benzene rings is 1. The van der Waals surface area contributed by atoms with E-state index in [4.69, 9.17) is 11.6 Å². The highest BCUT2D eigenvalue weighted by molar-refractivity contribution is 7.99. The van der Waals surface area contributed by atoms with E-state index >= 15 is 0 Å². The number of thiophene rings is 1. The molecule has 28 heavy (non-hydrogen) atoms. The molecule has 0 saturated heterocycles. The van der Waals surface area contributed by atoms with Crippen molar-refractivity contribution in [3.63, 3.8) is 0 Å². The zero-order valence-electron chi connectivity index (χ0n) is 16.1. The third kappa shape index (κ3) is 5.16. The SMILES string of the molecule is CCN(Cc1ccc(Cl)s1)C(=O)CSc1nncn1-c1ccc(C(C)C)cc1. The van der Waals surface area contributed by atoms with Crippen molar-refractivity contribution in [2.75, 3.05) is 12.3 Å². The quantitative estimate of drug-likeness (QED) is 0.454. The van der Waals surface area contributed by atoms with Crippen LogP contribution in [0.5, 0.6) is 0 Å². The van der Waals surface area contributed by atoms with Crippen molar-refractivity contribution in [2.24, 2.45) is 0 Å². The summed E-state index contributed by atoms with van der Waals surface area (Å²) < 4.78 is 2.65. The lowest BCUT2D eigenvalue weighted by Gasteiger charge is -2.19. The zero-order chi connectivity index (χ0) is 20.1. The van der Waals surface area contributed by atoms with E-state index in [-0.39, 0.29) is 5.91 Å². The molecule has 0 unspecified atom stereocenters. The Labute approximate surface area is 178 Å². The van der Waals surface area contributed by atoms with Gasteiger partial charge in [0.15, 0.2) is 5.16 Å². The van der Waals surface area contributed by atoms with E-state index < -0.39 is 0 Å². The summed E-state index contributed by atoms with van der Waals surface area (Å²) in [5.41, 5.74) is 2.28. The number of thioether (sulfide) groups is 1. The minimum absolute atomic E-state index is 0.0710. The summed E-state index contributed by atoms with van der Waals surface area (Å²) in [6, 6.07) is 12.2. The first-order valence-corrected chi connectivity index (χ1v) is 11.3. The van der Waals surface area contributed by atoms with Crippen molar-refractivity contribution >= 4 is 40.6 Å². The van der Waals surface area contributed by atoms with Gasteiger partial charge in [0.25, 0.3) is 0 Å². The average molecular weight is 435 g/mol. The summed E-state index contributed by atoms with van der Waals surface area (Å²) in [4.78, 5) is 15.6. The van der Waals surface area contributed by atoms with Crippen LogP contribution in [0.2, 0.25) is 4.34 Å². The maximum Gasteiger partial charge on any atom is 0.233 e. The van der Waals surface area contributed by atoms with Gasteiger partial charge < -0.3 is 4.90 Å². The Hall–Kier alpha value is -1.83. The Bertz CT molecular complexity index is 920. The molecule has 0 saturated carbocycles. The number of carbonyl (C=O) groups is 1. The van der Waals surface area contributed by atoms with E-state index in [9.17, 15) is 4.79 Å². The van der Waals surface area contributed by atoms with Crippen LogP contribution in [-0.2, 0) is 11.3 Å². The molecule has 5 nitrogen and oxygen atoms in total. The highest BCUT2D eigenvalue weighted by Gasteiger charge is 2.16. The number of nitrogens with zero attached hydrogens (tertiary/aromatic N) is 4. The van der Waals surface area contributed by atoms with Gasteiger partial charge in [0, 0.05) is 17.1 Å². The van der Waals surface area contributed by atoms with E-state index in [1.54, 1.807) is 6.33 Å². The van der Waals surface area contributed by atoms with Gasteiger partial charge in [-0.25, -0.2) is 0 Å².